The van der Waals surface area contributed by atoms with Crippen LogP contribution in [0.2, 0.25) is 0 Å². The van der Waals surface area contributed by atoms with Gasteiger partial charge in [0, 0.05) is 5.92 Å². The van der Waals surface area contributed by atoms with E-state index in [0.29, 0.717) is 12.0 Å². The normalized spacial score (nSPS) is 39.8. The van der Waals surface area contributed by atoms with Crippen molar-refractivity contribution in [3.63, 3.8) is 0 Å². The van der Waals surface area contributed by atoms with Crippen molar-refractivity contribution in [1.82, 2.24) is 0 Å². The molecule has 0 aromatic carbocycles. The summed E-state index contributed by atoms with van der Waals surface area (Å²) in [7, 11) is 0. The van der Waals surface area contributed by atoms with Crippen molar-refractivity contribution in [3.05, 3.63) is 23.5 Å². The molecule has 0 spiro atoms. The van der Waals surface area contributed by atoms with Crippen LogP contribution in [-0.4, -0.2) is 6.10 Å². The van der Waals surface area contributed by atoms with E-state index in [9.17, 15) is 0 Å². The molecule has 0 radical (unpaired) electrons. The molecule has 0 bridgehead atoms. The molecule has 2 rings (SSSR count). The van der Waals surface area contributed by atoms with E-state index in [-0.39, 0.29) is 0 Å². The van der Waals surface area contributed by atoms with Gasteiger partial charge in [0.05, 0.1) is 6.26 Å². The van der Waals surface area contributed by atoms with Crippen LogP contribution < -0.4 is 0 Å². The second-order valence-electron chi connectivity index (χ2n) is 5.74. The molecule has 1 aliphatic carbocycles. The molecular formula is C15H24O. The van der Waals surface area contributed by atoms with Crippen molar-refractivity contribution in [1.29, 1.82) is 0 Å². The first-order chi connectivity index (χ1) is 7.58. The van der Waals surface area contributed by atoms with Crippen molar-refractivity contribution in [2.75, 3.05) is 0 Å². The maximum atomic E-state index is 5.74. The van der Waals surface area contributed by atoms with Crippen LogP contribution in [0.25, 0.3) is 0 Å². The van der Waals surface area contributed by atoms with Gasteiger partial charge in [-0.3, -0.25) is 0 Å². The Kier molecular flexibility index (Phi) is 3.41. The molecule has 4 unspecified atom stereocenters. The molecule has 0 aromatic rings. The first-order valence-electron chi connectivity index (χ1n) is 6.60. The van der Waals surface area contributed by atoms with Crippen LogP contribution in [-0.2, 0) is 4.74 Å². The van der Waals surface area contributed by atoms with E-state index < -0.39 is 0 Å². The molecule has 0 fully saturated rings. The van der Waals surface area contributed by atoms with Gasteiger partial charge in [0.15, 0.2) is 0 Å². The zero-order valence-corrected chi connectivity index (χ0v) is 11.0. The van der Waals surface area contributed by atoms with E-state index in [1.807, 2.05) is 6.26 Å². The lowest BCUT2D eigenvalue weighted by atomic mass is 9.74. The summed E-state index contributed by atoms with van der Waals surface area (Å²) in [6.45, 7) is 9.10. The van der Waals surface area contributed by atoms with Gasteiger partial charge in [-0.25, -0.2) is 0 Å². The van der Waals surface area contributed by atoms with Crippen molar-refractivity contribution >= 4 is 0 Å². The quantitative estimate of drug-likeness (QED) is 0.598. The van der Waals surface area contributed by atoms with Crippen LogP contribution in [0, 0.1) is 17.8 Å². The molecule has 4 atom stereocenters. The Hall–Kier alpha value is -0.720. The topological polar surface area (TPSA) is 9.23 Å². The van der Waals surface area contributed by atoms with Crippen LogP contribution in [0.15, 0.2) is 23.5 Å². The van der Waals surface area contributed by atoms with Gasteiger partial charge in [-0.15, -0.1) is 0 Å². The van der Waals surface area contributed by atoms with Crippen LogP contribution in [0.3, 0.4) is 0 Å². The molecule has 90 valence electrons. The first-order valence-corrected chi connectivity index (χ1v) is 6.60. The summed E-state index contributed by atoms with van der Waals surface area (Å²) >= 11 is 0. The van der Waals surface area contributed by atoms with Gasteiger partial charge in [0.1, 0.15) is 6.10 Å². The molecule has 1 heterocycles. The van der Waals surface area contributed by atoms with E-state index in [1.54, 1.807) is 5.57 Å². The average molecular weight is 220 g/mol. The highest BCUT2D eigenvalue weighted by Gasteiger charge is 2.30. The van der Waals surface area contributed by atoms with Gasteiger partial charge in [-0.05, 0) is 50.5 Å². The zero-order chi connectivity index (χ0) is 11.7. The summed E-state index contributed by atoms with van der Waals surface area (Å²) in [6.07, 6.45) is 8.68. The number of ether oxygens (including phenoxy) is 1. The Morgan fingerprint density at radius 3 is 2.69 bits per heavy atom. The lowest BCUT2D eigenvalue weighted by Gasteiger charge is -2.36. The number of hydrogen-bond donors (Lipinski definition) is 0. The zero-order valence-electron chi connectivity index (χ0n) is 11.0. The second kappa shape index (κ2) is 4.65. The molecule has 0 saturated heterocycles. The van der Waals surface area contributed by atoms with E-state index in [4.69, 9.17) is 4.74 Å². The standard InChI is InChI=1S/C15H24O/c1-10-5-6-12(3)14(7-10)15-8-11(2)9-16-13(15)4/h7,9-10,12-13,15H,5-6,8H2,1-4H3. The molecule has 1 aliphatic heterocycles. The summed E-state index contributed by atoms with van der Waals surface area (Å²) in [5.41, 5.74) is 3.04. The average Bonchev–Trinajstić information content (AvgIpc) is 2.25. The monoisotopic (exact) mass is 220 g/mol. The molecule has 1 heteroatoms. The summed E-state index contributed by atoms with van der Waals surface area (Å²) < 4.78 is 5.74. The number of allylic oxidation sites excluding steroid dienone is 2. The highest BCUT2D eigenvalue weighted by Crippen LogP contribution is 2.39. The fourth-order valence-electron chi connectivity index (χ4n) is 3.01. The number of rotatable bonds is 1. The fraction of sp³-hybridized carbons (Fsp3) is 0.733. The Bertz CT molecular complexity index is 313. The lowest BCUT2D eigenvalue weighted by Crippen LogP contribution is -2.29. The summed E-state index contributed by atoms with van der Waals surface area (Å²) in [5, 5.41) is 0. The van der Waals surface area contributed by atoms with E-state index in [0.717, 1.165) is 11.8 Å². The lowest BCUT2D eigenvalue weighted by molar-refractivity contribution is 0.0923. The minimum absolute atomic E-state index is 0.350. The smallest absolute Gasteiger partial charge is 0.102 e. The van der Waals surface area contributed by atoms with Crippen molar-refractivity contribution < 1.29 is 4.74 Å². The third-order valence-electron chi connectivity index (χ3n) is 4.12. The summed E-state index contributed by atoms with van der Waals surface area (Å²) in [5.74, 6) is 2.12. The minimum atomic E-state index is 0.350. The Balaban J connectivity index is 2.19. The van der Waals surface area contributed by atoms with E-state index in [1.165, 1.54) is 24.8 Å². The van der Waals surface area contributed by atoms with Gasteiger partial charge in [0.2, 0.25) is 0 Å². The van der Waals surface area contributed by atoms with Crippen LogP contribution in [0.4, 0.5) is 0 Å². The molecule has 0 saturated carbocycles. The Morgan fingerprint density at radius 1 is 1.19 bits per heavy atom. The van der Waals surface area contributed by atoms with Gasteiger partial charge >= 0.3 is 0 Å². The molecular weight excluding hydrogens is 196 g/mol. The predicted octanol–water partition coefficient (Wildman–Crippen LogP) is 4.31. The first kappa shape index (κ1) is 11.8. The Labute approximate surface area is 99.6 Å². The number of hydrogen-bond acceptors (Lipinski definition) is 1. The van der Waals surface area contributed by atoms with Crippen LogP contribution in [0.5, 0.6) is 0 Å². The highest BCUT2D eigenvalue weighted by atomic mass is 16.5. The summed E-state index contributed by atoms with van der Waals surface area (Å²) in [6, 6.07) is 0. The maximum Gasteiger partial charge on any atom is 0.102 e. The van der Waals surface area contributed by atoms with E-state index >= 15 is 0 Å². The minimum Gasteiger partial charge on any atom is -0.498 e. The van der Waals surface area contributed by atoms with Crippen molar-refractivity contribution in [2.24, 2.45) is 17.8 Å². The van der Waals surface area contributed by atoms with Gasteiger partial charge in [-0.1, -0.05) is 25.5 Å². The van der Waals surface area contributed by atoms with Gasteiger partial charge in [-0.2, -0.15) is 0 Å². The predicted molar refractivity (Wildman–Crippen MR) is 68.1 cm³/mol. The van der Waals surface area contributed by atoms with Crippen LogP contribution >= 0.6 is 0 Å². The largest absolute Gasteiger partial charge is 0.498 e. The Morgan fingerprint density at radius 2 is 1.94 bits per heavy atom. The molecule has 2 aliphatic rings. The molecule has 16 heavy (non-hydrogen) atoms. The van der Waals surface area contributed by atoms with Crippen LogP contribution in [0.1, 0.15) is 47.0 Å². The maximum absolute atomic E-state index is 5.74. The molecule has 0 amide bonds. The summed E-state index contributed by atoms with van der Waals surface area (Å²) in [4.78, 5) is 0. The third-order valence-corrected chi connectivity index (χ3v) is 4.12. The van der Waals surface area contributed by atoms with Gasteiger partial charge in [0.25, 0.3) is 0 Å². The third kappa shape index (κ3) is 2.34. The van der Waals surface area contributed by atoms with Gasteiger partial charge < -0.3 is 4.74 Å². The van der Waals surface area contributed by atoms with E-state index in [2.05, 4.69) is 33.8 Å². The fourth-order valence-corrected chi connectivity index (χ4v) is 3.01. The van der Waals surface area contributed by atoms with Crippen molar-refractivity contribution in [3.8, 4) is 0 Å². The molecule has 0 aromatic heterocycles. The molecule has 1 nitrogen and oxygen atoms in total. The highest BCUT2D eigenvalue weighted by molar-refractivity contribution is 5.20. The second-order valence-corrected chi connectivity index (χ2v) is 5.74. The van der Waals surface area contributed by atoms with Crippen molar-refractivity contribution in [2.45, 2.75) is 53.1 Å². The SMILES string of the molecule is CC1=COC(C)C(C2=CC(C)CCC2C)C1. The molecule has 0 N–H and O–H groups in total.